The molecule has 0 aliphatic rings. The second-order valence-corrected chi connectivity index (χ2v) is 4.94. The van der Waals surface area contributed by atoms with Crippen LogP contribution >= 0.6 is 0 Å². The van der Waals surface area contributed by atoms with Crippen molar-refractivity contribution in [3.63, 3.8) is 0 Å². The van der Waals surface area contributed by atoms with Gasteiger partial charge < -0.3 is 10.2 Å². The highest BCUT2D eigenvalue weighted by Crippen LogP contribution is 2.29. The van der Waals surface area contributed by atoms with Crippen molar-refractivity contribution >= 4 is 16.5 Å². The first-order chi connectivity index (χ1) is 10.2. The molecule has 0 fully saturated rings. The van der Waals surface area contributed by atoms with Gasteiger partial charge in [-0.2, -0.15) is 5.10 Å². The van der Waals surface area contributed by atoms with Gasteiger partial charge in [0.25, 0.3) is 0 Å². The quantitative estimate of drug-likeness (QED) is 0.613. The number of pyridine rings is 1. The molecule has 0 amide bonds. The Morgan fingerprint density at radius 1 is 1.19 bits per heavy atom. The maximum Gasteiger partial charge on any atom is 0.134 e. The molecule has 4 nitrogen and oxygen atoms in total. The van der Waals surface area contributed by atoms with Gasteiger partial charge in [0, 0.05) is 17.1 Å². The van der Waals surface area contributed by atoms with Crippen molar-refractivity contribution in [2.45, 2.75) is 6.04 Å². The predicted octanol–water partition coefficient (Wildman–Crippen LogP) is 3.27. The molecule has 0 saturated carbocycles. The van der Waals surface area contributed by atoms with Gasteiger partial charge in [-0.25, -0.2) is 8.91 Å². The molecule has 1 unspecified atom stereocenters. The lowest BCUT2D eigenvalue weighted by molar-refractivity contribution is 0.525. The molecule has 3 heterocycles. The van der Waals surface area contributed by atoms with E-state index >= 15 is 0 Å². The molecule has 104 valence electrons. The Kier molecular flexibility index (Phi) is 2.55. The first-order valence-electron chi connectivity index (χ1n) is 6.59. The maximum atomic E-state index is 13.2. The topological polar surface area (TPSA) is 56.5 Å². The van der Waals surface area contributed by atoms with Gasteiger partial charge in [-0.15, -0.1) is 0 Å². The molecule has 21 heavy (non-hydrogen) atoms. The number of furan rings is 1. The van der Waals surface area contributed by atoms with Gasteiger partial charge in [-0.1, -0.05) is 6.07 Å². The van der Waals surface area contributed by atoms with Crippen LogP contribution in [-0.4, -0.2) is 9.61 Å². The molecule has 4 rings (SSSR count). The maximum absolute atomic E-state index is 13.2. The van der Waals surface area contributed by atoms with Crippen LogP contribution in [0.5, 0.6) is 0 Å². The third kappa shape index (κ3) is 1.90. The molecule has 0 aliphatic heterocycles. The lowest BCUT2D eigenvalue weighted by Gasteiger charge is -2.06. The number of nitrogens with two attached hydrogens (primary N) is 1. The number of halogens is 1. The van der Waals surface area contributed by atoms with Crippen LogP contribution in [0.1, 0.15) is 17.4 Å². The summed E-state index contributed by atoms with van der Waals surface area (Å²) in [7, 11) is 0. The fourth-order valence-electron chi connectivity index (χ4n) is 2.54. The van der Waals surface area contributed by atoms with E-state index in [2.05, 4.69) is 5.10 Å². The second-order valence-electron chi connectivity index (χ2n) is 4.94. The minimum Gasteiger partial charge on any atom is -0.459 e. The Morgan fingerprint density at radius 2 is 2.10 bits per heavy atom. The number of fused-ring (bicyclic) bond motifs is 2. The van der Waals surface area contributed by atoms with Gasteiger partial charge in [0.15, 0.2) is 0 Å². The summed E-state index contributed by atoms with van der Waals surface area (Å²) >= 11 is 0. The van der Waals surface area contributed by atoms with Gasteiger partial charge in [-0.05, 0) is 36.4 Å². The summed E-state index contributed by atoms with van der Waals surface area (Å²) < 4.78 is 20.7. The first-order valence-corrected chi connectivity index (χ1v) is 6.59. The summed E-state index contributed by atoms with van der Waals surface area (Å²) in [4.78, 5) is 0. The van der Waals surface area contributed by atoms with E-state index in [1.54, 1.807) is 22.8 Å². The largest absolute Gasteiger partial charge is 0.459 e. The van der Waals surface area contributed by atoms with Gasteiger partial charge in [0.2, 0.25) is 0 Å². The Bertz CT molecular complexity index is 941. The summed E-state index contributed by atoms with van der Waals surface area (Å²) in [5.41, 5.74) is 8.71. The zero-order chi connectivity index (χ0) is 14.4. The number of hydrogen-bond acceptors (Lipinski definition) is 3. The van der Waals surface area contributed by atoms with Crippen LogP contribution < -0.4 is 5.73 Å². The average molecular weight is 281 g/mol. The zero-order valence-electron chi connectivity index (χ0n) is 11.0. The highest BCUT2D eigenvalue weighted by Gasteiger charge is 2.18. The lowest BCUT2D eigenvalue weighted by atomic mass is 10.1. The number of aromatic nitrogens is 2. The van der Waals surface area contributed by atoms with Crippen molar-refractivity contribution in [1.82, 2.24) is 9.61 Å². The van der Waals surface area contributed by atoms with Crippen LogP contribution in [0.2, 0.25) is 0 Å². The SMILES string of the molecule is NC(c1cc2cc(F)ccc2o1)c1cnn2ccccc12. The fraction of sp³-hybridized carbons (Fsp3) is 0.0625. The van der Waals surface area contributed by atoms with Crippen molar-refractivity contribution in [1.29, 1.82) is 0 Å². The molecule has 0 bridgehead atoms. The predicted molar refractivity (Wildman–Crippen MR) is 77.4 cm³/mol. The van der Waals surface area contributed by atoms with Crippen LogP contribution in [0.3, 0.4) is 0 Å². The zero-order valence-corrected chi connectivity index (χ0v) is 11.0. The molecular formula is C16H12FN3O. The number of nitrogens with zero attached hydrogens (tertiary/aromatic N) is 2. The molecule has 4 aromatic rings. The molecule has 3 aromatic heterocycles. The summed E-state index contributed by atoms with van der Waals surface area (Å²) in [6, 6.07) is 11.5. The van der Waals surface area contributed by atoms with Crippen molar-refractivity contribution in [3.05, 3.63) is 72.0 Å². The third-order valence-electron chi connectivity index (χ3n) is 3.60. The Balaban J connectivity index is 1.83. The summed E-state index contributed by atoms with van der Waals surface area (Å²) in [5, 5.41) is 4.97. The monoisotopic (exact) mass is 281 g/mol. The fourth-order valence-corrected chi connectivity index (χ4v) is 2.54. The molecule has 1 atom stereocenters. The summed E-state index contributed by atoms with van der Waals surface area (Å²) in [6.45, 7) is 0. The van der Waals surface area contributed by atoms with E-state index in [4.69, 9.17) is 10.2 Å². The van der Waals surface area contributed by atoms with E-state index in [-0.39, 0.29) is 5.82 Å². The molecule has 0 saturated heterocycles. The van der Waals surface area contributed by atoms with Crippen LogP contribution in [0.4, 0.5) is 4.39 Å². The van der Waals surface area contributed by atoms with Gasteiger partial charge in [0.1, 0.15) is 17.2 Å². The lowest BCUT2D eigenvalue weighted by Crippen LogP contribution is -2.10. The Hall–Kier alpha value is -2.66. The van der Waals surface area contributed by atoms with E-state index in [0.29, 0.717) is 16.7 Å². The highest BCUT2D eigenvalue weighted by molar-refractivity contribution is 5.78. The van der Waals surface area contributed by atoms with Gasteiger partial charge in [-0.3, -0.25) is 0 Å². The third-order valence-corrected chi connectivity index (χ3v) is 3.60. The number of rotatable bonds is 2. The molecule has 0 spiro atoms. The van der Waals surface area contributed by atoms with Crippen molar-refractivity contribution in [2.75, 3.05) is 0 Å². The minimum atomic E-state index is -0.444. The number of benzene rings is 1. The van der Waals surface area contributed by atoms with E-state index in [1.807, 2.05) is 24.4 Å². The van der Waals surface area contributed by atoms with Crippen LogP contribution in [-0.2, 0) is 0 Å². The van der Waals surface area contributed by atoms with Crippen LogP contribution in [0, 0.1) is 5.82 Å². The number of hydrogen-bond donors (Lipinski definition) is 1. The minimum absolute atomic E-state index is 0.292. The standard InChI is InChI=1S/C16H12FN3O/c17-11-4-5-14-10(7-11)8-15(21-14)16(18)12-9-19-20-6-2-1-3-13(12)20/h1-9,16H,18H2. The van der Waals surface area contributed by atoms with Crippen LogP contribution in [0.15, 0.2) is 59.3 Å². The molecule has 5 heteroatoms. The highest BCUT2D eigenvalue weighted by atomic mass is 19.1. The van der Waals surface area contributed by atoms with E-state index in [9.17, 15) is 4.39 Å². The molecular weight excluding hydrogens is 269 g/mol. The summed E-state index contributed by atoms with van der Waals surface area (Å²) in [6.07, 6.45) is 3.59. The van der Waals surface area contributed by atoms with Gasteiger partial charge in [0.05, 0.1) is 17.8 Å². The molecule has 1 aromatic carbocycles. The van der Waals surface area contributed by atoms with Crippen LogP contribution in [0.25, 0.3) is 16.5 Å². The Morgan fingerprint density at radius 3 is 3.00 bits per heavy atom. The van der Waals surface area contributed by atoms with Crippen molar-refractivity contribution in [3.8, 4) is 0 Å². The van der Waals surface area contributed by atoms with E-state index in [0.717, 1.165) is 11.1 Å². The normalized spacial score (nSPS) is 13.0. The van der Waals surface area contributed by atoms with Gasteiger partial charge >= 0.3 is 0 Å². The average Bonchev–Trinajstić information content (AvgIpc) is 3.09. The van der Waals surface area contributed by atoms with E-state index < -0.39 is 6.04 Å². The first kappa shape index (κ1) is 12.1. The Labute approximate surface area is 119 Å². The molecule has 0 aliphatic carbocycles. The van der Waals surface area contributed by atoms with Crippen molar-refractivity contribution < 1.29 is 8.81 Å². The van der Waals surface area contributed by atoms with Crippen molar-refractivity contribution in [2.24, 2.45) is 5.73 Å². The van der Waals surface area contributed by atoms with E-state index in [1.165, 1.54) is 12.1 Å². The molecule has 2 N–H and O–H groups in total. The summed E-state index contributed by atoms with van der Waals surface area (Å²) in [5.74, 6) is 0.300. The second kappa shape index (κ2) is 4.43. The smallest absolute Gasteiger partial charge is 0.134 e. The molecule has 0 radical (unpaired) electrons.